The molecule has 84 valence electrons. The molecule has 16 heavy (non-hydrogen) atoms. The predicted octanol–water partition coefficient (Wildman–Crippen LogP) is 3.21. The van der Waals surface area contributed by atoms with Gasteiger partial charge in [0.15, 0.2) is 5.82 Å². The van der Waals surface area contributed by atoms with Crippen molar-refractivity contribution in [1.82, 2.24) is 10.1 Å². The van der Waals surface area contributed by atoms with Gasteiger partial charge in [0.1, 0.15) is 6.10 Å². The highest BCUT2D eigenvalue weighted by atomic mass is 79.9. The average molecular weight is 304 g/mol. The van der Waals surface area contributed by atoms with E-state index in [1.54, 1.807) is 19.1 Å². The molecule has 0 aliphatic rings. The lowest BCUT2D eigenvalue weighted by Crippen LogP contribution is -1.93. The number of rotatable bonds is 2. The Morgan fingerprint density at radius 2 is 2.25 bits per heavy atom. The fourth-order valence-corrected chi connectivity index (χ4v) is 1.93. The molecule has 1 unspecified atom stereocenters. The van der Waals surface area contributed by atoms with E-state index in [9.17, 15) is 5.11 Å². The minimum Gasteiger partial charge on any atom is -0.385 e. The minimum atomic E-state index is -0.758. The molecule has 0 bridgehead atoms. The van der Waals surface area contributed by atoms with Crippen LogP contribution in [0.1, 0.15) is 18.9 Å². The number of aliphatic hydroxyl groups is 1. The lowest BCUT2D eigenvalue weighted by Gasteiger charge is -1.98. The van der Waals surface area contributed by atoms with Gasteiger partial charge in [-0.05, 0) is 25.1 Å². The smallest absolute Gasteiger partial charge is 0.259 e. The largest absolute Gasteiger partial charge is 0.385 e. The molecule has 4 nitrogen and oxygen atoms in total. The zero-order valence-corrected chi connectivity index (χ0v) is 10.7. The summed E-state index contributed by atoms with van der Waals surface area (Å²) in [4.78, 5) is 4.04. The van der Waals surface area contributed by atoms with Crippen LogP contribution >= 0.6 is 27.5 Å². The van der Waals surface area contributed by atoms with Crippen LogP contribution in [0.15, 0.2) is 27.2 Å². The van der Waals surface area contributed by atoms with Crippen molar-refractivity contribution in [2.24, 2.45) is 0 Å². The Balaban J connectivity index is 2.42. The fourth-order valence-electron chi connectivity index (χ4n) is 1.18. The maximum atomic E-state index is 9.27. The van der Waals surface area contributed by atoms with Crippen molar-refractivity contribution in [3.05, 3.63) is 33.5 Å². The summed E-state index contributed by atoms with van der Waals surface area (Å²) < 4.78 is 5.88. The summed E-state index contributed by atoms with van der Waals surface area (Å²) in [7, 11) is 0. The van der Waals surface area contributed by atoms with Crippen LogP contribution in [0.4, 0.5) is 0 Å². The molecule has 1 aromatic carbocycles. The number of hydrogen-bond donors (Lipinski definition) is 1. The molecule has 1 atom stereocenters. The Morgan fingerprint density at radius 1 is 1.50 bits per heavy atom. The zero-order valence-electron chi connectivity index (χ0n) is 8.32. The van der Waals surface area contributed by atoms with E-state index < -0.39 is 6.10 Å². The van der Waals surface area contributed by atoms with Crippen molar-refractivity contribution >= 4 is 27.5 Å². The molecule has 0 amide bonds. The zero-order chi connectivity index (χ0) is 11.7. The third-order valence-corrected chi connectivity index (χ3v) is 2.78. The Hall–Kier alpha value is -0.910. The number of benzene rings is 1. The van der Waals surface area contributed by atoms with E-state index in [2.05, 4.69) is 26.1 Å². The van der Waals surface area contributed by atoms with Crippen molar-refractivity contribution in [3.63, 3.8) is 0 Å². The molecule has 1 aromatic heterocycles. The van der Waals surface area contributed by atoms with Crippen molar-refractivity contribution < 1.29 is 9.63 Å². The van der Waals surface area contributed by atoms with E-state index in [4.69, 9.17) is 16.1 Å². The topological polar surface area (TPSA) is 59.2 Å². The van der Waals surface area contributed by atoms with Gasteiger partial charge >= 0.3 is 0 Å². The number of aromatic nitrogens is 2. The molecule has 1 heterocycles. The lowest BCUT2D eigenvalue weighted by atomic mass is 10.2. The molecular formula is C10H8BrClN2O2. The molecule has 0 spiro atoms. The summed E-state index contributed by atoms with van der Waals surface area (Å²) in [5.41, 5.74) is 0.643. The average Bonchev–Trinajstić information content (AvgIpc) is 2.66. The molecule has 2 rings (SSSR count). The van der Waals surface area contributed by atoms with Crippen molar-refractivity contribution in [2.75, 3.05) is 0 Å². The van der Waals surface area contributed by atoms with E-state index in [0.29, 0.717) is 16.5 Å². The van der Waals surface area contributed by atoms with Crippen LogP contribution < -0.4 is 0 Å². The molecule has 0 aliphatic heterocycles. The van der Waals surface area contributed by atoms with E-state index >= 15 is 0 Å². The third-order valence-electron chi connectivity index (χ3n) is 1.98. The molecule has 6 heteroatoms. The summed E-state index contributed by atoms with van der Waals surface area (Å²) in [6, 6.07) is 5.34. The van der Waals surface area contributed by atoms with Gasteiger partial charge in [-0.3, -0.25) is 0 Å². The van der Waals surface area contributed by atoms with Crippen LogP contribution in [0.5, 0.6) is 0 Å². The second kappa shape index (κ2) is 4.53. The Labute approximate surface area is 105 Å². The molecule has 0 fully saturated rings. The second-order valence-electron chi connectivity index (χ2n) is 3.26. The standard InChI is InChI=1S/C10H8BrClN2O2/c1-5(15)9-13-10(16-14-9)7-3-2-6(11)4-8(7)12/h2-5,15H,1H3. The van der Waals surface area contributed by atoms with E-state index in [-0.39, 0.29) is 5.82 Å². The Morgan fingerprint density at radius 3 is 2.81 bits per heavy atom. The number of aliphatic hydroxyl groups excluding tert-OH is 1. The Kier molecular flexibility index (Phi) is 3.28. The highest BCUT2D eigenvalue weighted by Gasteiger charge is 2.14. The summed E-state index contributed by atoms with van der Waals surface area (Å²) >= 11 is 9.34. The number of nitrogens with zero attached hydrogens (tertiary/aromatic N) is 2. The first kappa shape index (κ1) is 11.6. The predicted molar refractivity (Wildman–Crippen MR) is 63.1 cm³/mol. The monoisotopic (exact) mass is 302 g/mol. The van der Waals surface area contributed by atoms with Crippen molar-refractivity contribution in [2.45, 2.75) is 13.0 Å². The molecule has 0 saturated heterocycles. The van der Waals surface area contributed by atoms with Gasteiger partial charge in [0.25, 0.3) is 5.89 Å². The van der Waals surface area contributed by atoms with Gasteiger partial charge in [-0.1, -0.05) is 32.7 Å². The molecule has 0 radical (unpaired) electrons. The van der Waals surface area contributed by atoms with Crippen LogP contribution in [0, 0.1) is 0 Å². The van der Waals surface area contributed by atoms with Gasteiger partial charge in [0.05, 0.1) is 10.6 Å². The van der Waals surface area contributed by atoms with Gasteiger partial charge in [-0.15, -0.1) is 0 Å². The number of hydrogen-bond acceptors (Lipinski definition) is 4. The van der Waals surface area contributed by atoms with Gasteiger partial charge in [-0.2, -0.15) is 4.98 Å². The second-order valence-corrected chi connectivity index (χ2v) is 4.58. The molecule has 0 aliphatic carbocycles. The van der Waals surface area contributed by atoms with Crippen LogP contribution in [-0.4, -0.2) is 15.2 Å². The first-order valence-electron chi connectivity index (χ1n) is 4.55. The van der Waals surface area contributed by atoms with E-state index in [1.165, 1.54) is 0 Å². The first-order chi connectivity index (χ1) is 7.58. The van der Waals surface area contributed by atoms with Crippen LogP contribution in [0.2, 0.25) is 5.02 Å². The van der Waals surface area contributed by atoms with Gasteiger partial charge in [0, 0.05) is 4.47 Å². The number of halogens is 2. The third kappa shape index (κ3) is 2.26. The van der Waals surface area contributed by atoms with Gasteiger partial charge < -0.3 is 9.63 Å². The van der Waals surface area contributed by atoms with E-state index in [1.807, 2.05) is 6.07 Å². The molecule has 0 saturated carbocycles. The Bertz CT molecular complexity index is 513. The maximum absolute atomic E-state index is 9.27. The minimum absolute atomic E-state index is 0.244. The van der Waals surface area contributed by atoms with Crippen LogP contribution in [0.3, 0.4) is 0 Å². The lowest BCUT2D eigenvalue weighted by molar-refractivity contribution is 0.184. The highest BCUT2D eigenvalue weighted by molar-refractivity contribution is 9.10. The van der Waals surface area contributed by atoms with Crippen molar-refractivity contribution in [1.29, 1.82) is 0 Å². The highest BCUT2D eigenvalue weighted by Crippen LogP contribution is 2.29. The van der Waals surface area contributed by atoms with Gasteiger partial charge in [0.2, 0.25) is 0 Å². The molecule has 1 N–H and O–H groups in total. The fraction of sp³-hybridized carbons (Fsp3) is 0.200. The van der Waals surface area contributed by atoms with E-state index in [0.717, 1.165) is 4.47 Å². The van der Waals surface area contributed by atoms with Crippen LogP contribution in [0.25, 0.3) is 11.5 Å². The first-order valence-corrected chi connectivity index (χ1v) is 5.72. The normalized spacial score (nSPS) is 12.8. The quantitative estimate of drug-likeness (QED) is 0.925. The summed E-state index contributed by atoms with van der Waals surface area (Å²) in [6.07, 6.45) is -0.758. The van der Waals surface area contributed by atoms with Crippen LogP contribution in [-0.2, 0) is 0 Å². The molecular weight excluding hydrogens is 295 g/mol. The van der Waals surface area contributed by atoms with Gasteiger partial charge in [-0.25, -0.2) is 0 Å². The SMILES string of the molecule is CC(O)c1noc(-c2ccc(Br)cc2Cl)n1. The van der Waals surface area contributed by atoms with Crippen molar-refractivity contribution in [3.8, 4) is 11.5 Å². The summed E-state index contributed by atoms with van der Waals surface area (Å²) in [5.74, 6) is 0.544. The molecule has 2 aromatic rings. The summed E-state index contributed by atoms with van der Waals surface area (Å²) in [6.45, 7) is 1.57. The maximum Gasteiger partial charge on any atom is 0.259 e. The summed E-state index contributed by atoms with van der Waals surface area (Å²) in [5, 5.41) is 13.4.